The lowest BCUT2D eigenvalue weighted by molar-refractivity contribution is 0.161. The van der Waals surface area contributed by atoms with E-state index in [0.717, 1.165) is 37.6 Å². The fourth-order valence-corrected chi connectivity index (χ4v) is 2.42. The van der Waals surface area contributed by atoms with Crippen molar-refractivity contribution >= 4 is 5.69 Å². The number of rotatable bonds is 4. The van der Waals surface area contributed by atoms with Crippen molar-refractivity contribution in [2.75, 3.05) is 38.8 Å². The van der Waals surface area contributed by atoms with Gasteiger partial charge in [0, 0.05) is 32.2 Å². The van der Waals surface area contributed by atoms with Gasteiger partial charge >= 0.3 is 0 Å². The Balaban J connectivity index is 2.20. The average molecular weight is 246 g/mol. The predicted octanol–water partition coefficient (Wildman–Crippen LogP) is 2.04. The molecule has 1 fully saturated rings. The third kappa shape index (κ3) is 2.57. The molecular weight excluding hydrogens is 228 g/mol. The van der Waals surface area contributed by atoms with E-state index in [1.165, 1.54) is 0 Å². The lowest BCUT2D eigenvalue weighted by Gasteiger charge is -2.20. The summed E-state index contributed by atoms with van der Waals surface area (Å²) in [6.07, 6.45) is 1.11. The molecule has 1 aromatic rings. The Kier molecular flexibility index (Phi) is 4.06. The van der Waals surface area contributed by atoms with Crippen molar-refractivity contribution in [3.8, 4) is 11.8 Å². The SMILES string of the molecule is COCC1CCN(c2cc(OC)ccc2C#N)C1. The third-order valence-electron chi connectivity index (χ3n) is 3.35. The Morgan fingerprint density at radius 1 is 1.44 bits per heavy atom. The van der Waals surface area contributed by atoms with Gasteiger partial charge in [0.15, 0.2) is 0 Å². The number of anilines is 1. The first kappa shape index (κ1) is 12.7. The zero-order valence-electron chi connectivity index (χ0n) is 10.8. The molecule has 1 atom stereocenters. The van der Waals surface area contributed by atoms with Crippen molar-refractivity contribution in [3.63, 3.8) is 0 Å². The lowest BCUT2D eigenvalue weighted by Crippen LogP contribution is -2.21. The van der Waals surface area contributed by atoms with Crippen molar-refractivity contribution in [3.05, 3.63) is 23.8 Å². The van der Waals surface area contributed by atoms with Crippen LogP contribution in [0.5, 0.6) is 5.75 Å². The highest BCUT2D eigenvalue weighted by Crippen LogP contribution is 2.30. The zero-order valence-corrected chi connectivity index (χ0v) is 10.8. The molecule has 0 N–H and O–H groups in total. The predicted molar refractivity (Wildman–Crippen MR) is 69.9 cm³/mol. The summed E-state index contributed by atoms with van der Waals surface area (Å²) in [4.78, 5) is 2.24. The maximum atomic E-state index is 9.17. The van der Waals surface area contributed by atoms with E-state index in [9.17, 15) is 0 Å². The van der Waals surface area contributed by atoms with Gasteiger partial charge in [0.05, 0.1) is 25.0 Å². The van der Waals surface area contributed by atoms with E-state index >= 15 is 0 Å². The van der Waals surface area contributed by atoms with Crippen LogP contribution in [0.15, 0.2) is 18.2 Å². The van der Waals surface area contributed by atoms with E-state index in [1.54, 1.807) is 14.2 Å². The van der Waals surface area contributed by atoms with Crippen molar-refractivity contribution in [1.82, 2.24) is 0 Å². The largest absolute Gasteiger partial charge is 0.497 e. The quantitative estimate of drug-likeness (QED) is 0.815. The minimum atomic E-state index is 0.549. The van der Waals surface area contributed by atoms with E-state index < -0.39 is 0 Å². The van der Waals surface area contributed by atoms with Crippen LogP contribution in [0, 0.1) is 17.2 Å². The second kappa shape index (κ2) is 5.74. The molecule has 4 nitrogen and oxygen atoms in total. The van der Waals surface area contributed by atoms with Crippen LogP contribution in [0.1, 0.15) is 12.0 Å². The minimum absolute atomic E-state index is 0.549. The van der Waals surface area contributed by atoms with Gasteiger partial charge in [-0.1, -0.05) is 0 Å². The molecule has 0 aromatic heterocycles. The second-order valence-corrected chi connectivity index (χ2v) is 4.55. The van der Waals surface area contributed by atoms with Gasteiger partial charge in [-0.2, -0.15) is 5.26 Å². The van der Waals surface area contributed by atoms with Crippen LogP contribution in [0.25, 0.3) is 0 Å². The van der Waals surface area contributed by atoms with Gasteiger partial charge in [-0.25, -0.2) is 0 Å². The molecule has 1 saturated heterocycles. The Morgan fingerprint density at radius 2 is 2.28 bits per heavy atom. The topological polar surface area (TPSA) is 45.5 Å². The average Bonchev–Trinajstić information content (AvgIpc) is 2.87. The number of ether oxygens (including phenoxy) is 2. The van der Waals surface area contributed by atoms with E-state index in [2.05, 4.69) is 11.0 Å². The van der Waals surface area contributed by atoms with Gasteiger partial charge in [-0.15, -0.1) is 0 Å². The van der Waals surface area contributed by atoms with E-state index in [1.807, 2.05) is 18.2 Å². The van der Waals surface area contributed by atoms with Crippen molar-refractivity contribution in [2.45, 2.75) is 6.42 Å². The van der Waals surface area contributed by atoms with E-state index in [4.69, 9.17) is 14.7 Å². The fraction of sp³-hybridized carbons (Fsp3) is 0.500. The van der Waals surface area contributed by atoms with Crippen LogP contribution in [-0.4, -0.2) is 33.9 Å². The molecule has 1 aliphatic heterocycles. The van der Waals surface area contributed by atoms with E-state index in [-0.39, 0.29) is 0 Å². The van der Waals surface area contributed by atoms with Crippen LogP contribution in [0.3, 0.4) is 0 Å². The fourth-order valence-electron chi connectivity index (χ4n) is 2.42. The summed E-state index contributed by atoms with van der Waals surface area (Å²) in [5.74, 6) is 1.34. The Labute approximate surface area is 108 Å². The molecule has 1 unspecified atom stereocenters. The number of benzene rings is 1. The van der Waals surface area contributed by atoms with Crippen LogP contribution in [-0.2, 0) is 4.74 Å². The summed E-state index contributed by atoms with van der Waals surface area (Å²) in [7, 11) is 3.37. The summed E-state index contributed by atoms with van der Waals surface area (Å²) < 4.78 is 10.4. The molecule has 0 amide bonds. The zero-order chi connectivity index (χ0) is 13.0. The number of nitriles is 1. The smallest absolute Gasteiger partial charge is 0.121 e. The first-order valence-corrected chi connectivity index (χ1v) is 6.10. The molecule has 0 saturated carbocycles. The standard InChI is InChI=1S/C14H18N2O2/c1-17-10-11-5-6-16(9-11)14-7-13(18-2)4-3-12(14)8-15/h3-4,7,11H,5-6,9-10H2,1-2H3. The minimum Gasteiger partial charge on any atom is -0.497 e. The van der Waals surface area contributed by atoms with Gasteiger partial charge in [0.1, 0.15) is 11.8 Å². The highest BCUT2D eigenvalue weighted by Gasteiger charge is 2.24. The summed E-state index contributed by atoms with van der Waals surface area (Å²) in [5, 5.41) is 9.17. The summed E-state index contributed by atoms with van der Waals surface area (Å²) in [6.45, 7) is 2.69. The molecule has 1 aliphatic rings. The summed E-state index contributed by atoms with van der Waals surface area (Å²) in [5.41, 5.74) is 1.67. The van der Waals surface area contributed by atoms with Crippen molar-refractivity contribution in [1.29, 1.82) is 5.26 Å². The Bertz CT molecular complexity index is 454. The van der Waals surface area contributed by atoms with Crippen LogP contribution >= 0.6 is 0 Å². The van der Waals surface area contributed by atoms with Gasteiger partial charge in [-0.3, -0.25) is 0 Å². The van der Waals surface area contributed by atoms with Gasteiger partial charge in [-0.05, 0) is 18.6 Å². The molecule has 0 radical (unpaired) electrons. The van der Waals surface area contributed by atoms with Crippen LogP contribution < -0.4 is 9.64 Å². The molecule has 1 heterocycles. The number of nitrogens with zero attached hydrogens (tertiary/aromatic N) is 2. The monoisotopic (exact) mass is 246 g/mol. The second-order valence-electron chi connectivity index (χ2n) is 4.55. The molecule has 1 aromatic carbocycles. The Morgan fingerprint density at radius 3 is 2.94 bits per heavy atom. The summed E-state index contributed by atoms with van der Waals surface area (Å²) in [6, 6.07) is 7.82. The molecule has 4 heteroatoms. The first-order chi connectivity index (χ1) is 8.78. The number of methoxy groups -OCH3 is 2. The van der Waals surface area contributed by atoms with Gasteiger partial charge in [0.25, 0.3) is 0 Å². The van der Waals surface area contributed by atoms with Crippen LogP contribution in [0.2, 0.25) is 0 Å². The molecule has 2 rings (SSSR count). The number of hydrogen-bond donors (Lipinski definition) is 0. The van der Waals surface area contributed by atoms with E-state index in [0.29, 0.717) is 11.5 Å². The molecule has 18 heavy (non-hydrogen) atoms. The first-order valence-electron chi connectivity index (χ1n) is 6.10. The molecule has 0 spiro atoms. The normalized spacial score (nSPS) is 18.7. The molecule has 0 aliphatic carbocycles. The maximum absolute atomic E-state index is 9.17. The molecular formula is C14H18N2O2. The van der Waals surface area contributed by atoms with Gasteiger partial charge in [0.2, 0.25) is 0 Å². The Hall–Kier alpha value is -1.73. The lowest BCUT2D eigenvalue weighted by atomic mass is 10.1. The maximum Gasteiger partial charge on any atom is 0.121 e. The molecule has 0 bridgehead atoms. The third-order valence-corrected chi connectivity index (χ3v) is 3.35. The van der Waals surface area contributed by atoms with Crippen molar-refractivity contribution in [2.24, 2.45) is 5.92 Å². The highest BCUT2D eigenvalue weighted by atomic mass is 16.5. The molecule has 96 valence electrons. The van der Waals surface area contributed by atoms with Crippen molar-refractivity contribution < 1.29 is 9.47 Å². The number of hydrogen-bond acceptors (Lipinski definition) is 4. The van der Waals surface area contributed by atoms with Crippen LogP contribution in [0.4, 0.5) is 5.69 Å². The van der Waals surface area contributed by atoms with Gasteiger partial charge < -0.3 is 14.4 Å². The summed E-state index contributed by atoms with van der Waals surface area (Å²) >= 11 is 0. The highest BCUT2D eigenvalue weighted by molar-refractivity contribution is 5.62.